The molecule has 0 bridgehead atoms. The van der Waals surface area contributed by atoms with Gasteiger partial charge in [0.05, 0.1) is 23.5 Å². The molecule has 1 aromatic carbocycles. The molecule has 5 heteroatoms. The largest absolute Gasteiger partial charge is 0.343 e. The topological polar surface area (TPSA) is 41.4 Å². The SMILES string of the molecule is CCCCN(CC)C(=O)[C@@H]1CCCN(Cc2nc3ccccc3n2C)C1. The lowest BCUT2D eigenvalue weighted by Gasteiger charge is -2.34. The molecule has 0 aliphatic carbocycles. The maximum absolute atomic E-state index is 12.9. The van der Waals surface area contributed by atoms with Crippen LogP contribution >= 0.6 is 0 Å². The second-order valence-electron chi connectivity index (χ2n) is 7.42. The van der Waals surface area contributed by atoms with Crippen LogP contribution < -0.4 is 0 Å². The number of hydrogen-bond acceptors (Lipinski definition) is 3. The van der Waals surface area contributed by atoms with Gasteiger partial charge in [0.15, 0.2) is 0 Å². The maximum Gasteiger partial charge on any atom is 0.226 e. The highest BCUT2D eigenvalue weighted by atomic mass is 16.2. The van der Waals surface area contributed by atoms with Crippen LogP contribution in [0.25, 0.3) is 11.0 Å². The molecule has 5 nitrogen and oxygen atoms in total. The van der Waals surface area contributed by atoms with Gasteiger partial charge in [0.25, 0.3) is 0 Å². The number of aryl methyl sites for hydroxylation is 1. The smallest absolute Gasteiger partial charge is 0.226 e. The van der Waals surface area contributed by atoms with E-state index in [0.717, 1.165) is 69.7 Å². The minimum Gasteiger partial charge on any atom is -0.343 e. The molecule has 1 atom stereocenters. The van der Waals surface area contributed by atoms with E-state index in [1.54, 1.807) is 0 Å². The Balaban J connectivity index is 1.66. The summed E-state index contributed by atoms with van der Waals surface area (Å²) in [5, 5.41) is 0. The van der Waals surface area contributed by atoms with Crippen molar-refractivity contribution in [3.05, 3.63) is 30.1 Å². The normalized spacial score (nSPS) is 18.3. The summed E-state index contributed by atoms with van der Waals surface area (Å²) >= 11 is 0. The first-order chi connectivity index (χ1) is 12.6. The van der Waals surface area contributed by atoms with Crippen molar-refractivity contribution in [2.75, 3.05) is 26.2 Å². The molecule has 0 saturated carbocycles. The zero-order valence-corrected chi connectivity index (χ0v) is 16.4. The number of benzene rings is 1. The van der Waals surface area contributed by atoms with Crippen molar-refractivity contribution in [3.8, 4) is 0 Å². The van der Waals surface area contributed by atoms with E-state index in [4.69, 9.17) is 4.98 Å². The standard InChI is InChI=1S/C21H32N4O/c1-4-6-14-25(5-2)21(26)17-10-9-13-24(15-17)16-20-22-18-11-7-8-12-19(18)23(20)3/h7-8,11-12,17H,4-6,9-10,13-16H2,1-3H3/t17-/m1/s1. The maximum atomic E-state index is 12.9. The molecule has 0 unspecified atom stereocenters. The summed E-state index contributed by atoms with van der Waals surface area (Å²) in [6.07, 6.45) is 4.33. The second kappa shape index (κ2) is 8.67. The highest BCUT2D eigenvalue weighted by molar-refractivity contribution is 5.79. The number of hydrogen-bond donors (Lipinski definition) is 0. The fourth-order valence-electron chi connectivity index (χ4n) is 3.97. The van der Waals surface area contributed by atoms with E-state index in [-0.39, 0.29) is 5.92 Å². The molecule has 0 spiro atoms. The molecule has 0 N–H and O–H groups in total. The van der Waals surface area contributed by atoms with Crippen molar-refractivity contribution >= 4 is 16.9 Å². The van der Waals surface area contributed by atoms with Crippen LogP contribution in [0.5, 0.6) is 0 Å². The van der Waals surface area contributed by atoms with Crippen LogP contribution in [-0.4, -0.2) is 51.4 Å². The summed E-state index contributed by atoms with van der Waals surface area (Å²) in [5.41, 5.74) is 2.22. The fraction of sp³-hybridized carbons (Fsp3) is 0.619. The highest BCUT2D eigenvalue weighted by Crippen LogP contribution is 2.22. The average Bonchev–Trinajstić information content (AvgIpc) is 2.98. The number of carbonyl (C=O) groups is 1. The van der Waals surface area contributed by atoms with Crippen molar-refractivity contribution in [1.82, 2.24) is 19.4 Å². The summed E-state index contributed by atoms with van der Waals surface area (Å²) in [6.45, 7) is 8.70. The van der Waals surface area contributed by atoms with Gasteiger partial charge in [0, 0.05) is 26.7 Å². The van der Waals surface area contributed by atoms with E-state index < -0.39 is 0 Å². The summed E-state index contributed by atoms with van der Waals surface area (Å²) in [5.74, 6) is 1.56. The van der Waals surface area contributed by atoms with E-state index in [9.17, 15) is 4.79 Å². The Morgan fingerprint density at radius 2 is 2.12 bits per heavy atom. The third-order valence-electron chi connectivity index (χ3n) is 5.57. The molecule has 1 amide bonds. The molecule has 1 aliphatic rings. The van der Waals surface area contributed by atoms with E-state index in [0.29, 0.717) is 5.91 Å². The minimum atomic E-state index is 0.134. The van der Waals surface area contributed by atoms with Gasteiger partial charge in [-0.05, 0) is 44.9 Å². The zero-order valence-electron chi connectivity index (χ0n) is 16.4. The molecule has 1 aromatic heterocycles. The van der Waals surface area contributed by atoms with Crippen molar-refractivity contribution in [2.45, 2.75) is 46.1 Å². The number of nitrogens with zero attached hydrogens (tertiary/aromatic N) is 4. The Hall–Kier alpha value is -1.88. The van der Waals surface area contributed by atoms with E-state index in [2.05, 4.69) is 48.6 Å². The predicted octanol–water partition coefficient (Wildman–Crippen LogP) is 3.43. The van der Waals surface area contributed by atoms with Crippen LogP contribution in [0.3, 0.4) is 0 Å². The van der Waals surface area contributed by atoms with Crippen molar-refractivity contribution < 1.29 is 4.79 Å². The Bertz CT molecular complexity index is 739. The molecule has 3 rings (SSSR count). The third-order valence-corrected chi connectivity index (χ3v) is 5.57. The molecule has 1 aliphatic heterocycles. The number of fused-ring (bicyclic) bond motifs is 1. The molecular weight excluding hydrogens is 324 g/mol. The molecule has 26 heavy (non-hydrogen) atoms. The number of imidazole rings is 1. The van der Waals surface area contributed by atoms with Crippen molar-refractivity contribution in [1.29, 1.82) is 0 Å². The number of rotatable bonds is 7. The third kappa shape index (κ3) is 4.09. The number of piperidine rings is 1. The summed E-state index contributed by atoms with van der Waals surface area (Å²) in [7, 11) is 2.08. The number of unbranched alkanes of at least 4 members (excludes halogenated alkanes) is 1. The van der Waals surface area contributed by atoms with Gasteiger partial charge in [-0.3, -0.25) is 9.69 Å². The van der Waals surface area contributed by atoms with E-state index in [1.165, 1.54) is 5.52 Å². The van der Waals surface area contributed by atoms with Crippen molar-refractivity contribution in [2.24, 2.45) is 13.0 Å². The lowest BCUT2D eigenvalue weighted by atomic mass is 9.96. The molecule has 1 fully saturated rings. The van der Waals surface area contributed by atoms with E-state index >= 15 is 0 Å². The Morgan fingerprint density at radius 1 is 1.31 bits per heavy atom. The van der Waals surface area contributed by atoms with Crippen LogP contribution in [0.1, 0.15) is 45.4 Å². The molecular formula is C21H32N4O. The van der Waals surface area contributed by atoms with Crippen LogP contribution in [0, 0.1) is 5.92 Å². The lowest BCUT2D eigenvalue weighted by Crippen LogP contribution is -2.45. The summed E-state index contributed by atoms with van der Waals surface area (Å²) in [6, 6.07) is 8.26. The summed E-state index contributed by atoms with van der Waals surface area (Å²) in [4.78, 5) is 22.2. The van der Waals surface area contributed by atoms with Gasteiger partial charge in [0.1, 0.15) is 5.82 Å². The van der Waals surface area contributed by atoms with Gasteiger partial charge in [-0.1, -0.05) is 25.5 Å². The minimum absolute atomic E-state index is 0.134. The number of carbonyl (C=O) groups excluding carboxylic acids is 1. The van der Waals surface area contributed by atoms with Crippen LogP contribution in [0.2, 0.25) is 0 Å². The summed E-state index contributed by atoms with van der Waals surface area (Å²) < 4.78 is 2.18. The van der Waals surface area contributed by atoms with Crippen LogP contribution in [0.4, 0.5) is 0 Å². The molecule has 2 aromatic rings. The molecule has 142 valence electrons. The molecule has 1 saturated heterocycles. The number of aromatic nitrogens is 2. The first-order valence-electron chi connectivity index (χ1n) is 10.1. The molecule has 2 heterocycles. The molecule has 0 radical (unpaired) electrons. The lowest BCUT2D eigenvalue weighted by molar-refractivity contribution is -0.137. The number of amides is 1. The zero-order chi connectivity index (χ0) is 18.5. The van der Waals surface area contributed by atoms with Gasteiger partial charge in [-0.25, -0.2) is 4.98 Å². The van der Waals surface area contributed by atoms with E-state index in [1.807, 2.05) is 11.0 Å². The average molecular weight is 357 g/mol. The highest BCUT2D eigenvalue weighted by Gasteiger charge is 2.29. The van der Waals surface area contributed by atoms with Gasteiger partial charge in [-0.15, -0.1) is 0 Å². The number of para-hydroxylation sites is 2. The Labute approximate surface area is 157 Å². The van der Waals surface area contributed by atoms with Crippen LogP contribution in [0.15, 0.2) is 24.3 Å². The van der Waals surface area contributed by atoms with Crippen LogP contribution in [-0.2, 0) is 18.4 Å². The van der Waals surface area contributed by atoms with Crippen molar-refractivity contribution in [3.63, 3.8) is 0 Å². The Morgan fingerprint density at radius 3 is 2.85 bits per heavy atom. The van der Waals surface area contributed by atoms with Gasteiger partial charge in [0.2, 0.25) is 5.91 Å². The Kier molecular flexibility index (Phi) is 6.30. The second-order valence-corrected chi connectivity index (χ2v) is 7.42. The van der Waals surface area contributed by atoms with Gasteiger partial charge < -0.3 is 9.47 Å². The first kappa shape index (κ1) is 18.9. The monoisotopic (exact) mass is 356 g/mol. The predicted molar refractivity (Wildman–Crippen MR) is 106 cm³/mol. The van der Waals surface area contributed by atoms with Gasteiger partial charge in [-0.2, -0.15) is 0 Å². The number of likely N-dealkylation sites (tertiary alicyclic amines) is 1. The first-order valence-corrected chi connectivity index (χ1v) is 10.1. The van der Waals surface area contributed by atoms with Gasteiger partial charge >= 0.3 is 0 Å². The quantitative estimate of drug-likeness (QED) is 0.763. The fourth-order valence-corrected chi connectivity index (χ4v) is 3.97.